The number of nitrogens with two attached hydrogens (primary N) is 1. The smallest absolute Gasteiger partial charge is 0.271 e. The van der Waals surface area contributed by atoms with E-state index in [-0.39, 0.29) is 12.0 Å². The Kier molecular flexibility index (Phi) is 4.09. The summed E-state index contributed by atoms with van der Waals surface area (Å²) in [6, 6.07) is 0. The van der Waals surface area contributed by atoms with E-state index in [0.29, 0.717) is 23.8 Å². The molecule has 0 bridgehead atoms. The molecule has 2 rings (SSSR count). The Labute approximate surface area is 113 Å². The number of nitrogens with one attached hydrogen (secondary N) is 1. The molecule has 0 aromatic carbocycles. The molecule has 6 nitrogen and oxygen atoms in total. The van der Waals surface area contributed by atoms with Crippen LogP contribution >= 0.6 is 0 Å². The second-order valence-corrected chi connectivity index (χ2v) is 5.02. The third-order valence-corrected chi connectivity index (χ3v) is 3.77. The number of amides is 1. The highest BCUT2D eigenvalue weighted by Crippen LogP contribution is 2.20. The number of carbonyl (C=O) groups is 1. The second-order valence-electron chi connectivity index (χ2n) is 5.02. The second kappa shape index (κ2) is 5.61. The summed E-state index contributed by atoms with van der Waals surface area (Å²) in [5, 5.41) is 7.18. The van der Waals surface area contributed by atoms with Gasteiger partial charge in [-0.2, -0.15) is 5.10 Å². The Morgan fingerprint density at radius 1 is 1.63 bits per heavy atom. The number of ether oxygens (including phenoxy) is 1. The van der Waals surface area contributed by atoms with Crippen molar-refractivity contribution in [2.24, 2.45) is 13.0 Å². The average Bonchev–Trinajstić information content (AvgIpc) is 2.90. The SMILES string of the molecule is CCc1nn(C)c(C(=O)NCC2CCOC2C)c1N. The third-order valence-electron chi connectivity index (χ3n) is 3.77. The van der Waals surface area contributed by atoms with E-state index in [1.165, 1.54) is 0 Å². The van der Waals surface area contributed by atoms with Gasteiger partial charge in [-0.3, -0.25) is 9.48 Å². The first kappa shape index (κ1) is 13.9. The molecule has 1 aromatic rings. The van der Waals surface area contributed by atoms with Gasteiger partial charge in [0.05, 0.1) is 17.5 Å². The Balaban J connectivity index is 2.02. The molecule has 2 atom stereocenters. The minimum atomic E-state index is -0.161. The molecular weight excluding hydrogens is 244 g/mol. The highest BCUT2D eigenvalue weighted by Gasteiger charge is 2.26. The van der Waals surface area contributed by atoms with Gasteiger partial charge in [0.25, 0.3) is 5.91 Å². The molecule has 1 fully saturated rings. The van der Waals surface area contributed by atoms with E-state index in [2.05, 4.69) is 10.4 Å². The molecule has 3 N–H and O–H groups in total. The predicted octanol–water partition coefficient (Wildman–Crippen LogP) is 0.720. The topological polar surface area (TPSA) is 82.2 Å². The largest absolute Gasteiger partial charge is 0.395 e. The Morgan fingerprint density at radius 2 is 2.37 bits per heavy atom. The van der Waals surface area contributed by atoms with Crippen LogP contribution in [0.3, 0.4) is 0 Å². The molecule has 1 aliphatic rings. The van der Waals surface area contributed by atoms with E-state index in [1.54, 1.807) is 11.7 Å². The summed E-state index contributed by atoms with van der Waals surface area (Å²) >= 11 is 0. The normalized spacial score (nSPS) is 22.7. The van der Waals surface area contributed by atoms with Crippen molar-refractivity contribution in [1.29, 1.82) is 0 Å². The Bertz CT molecular complexity index is 469. The molecule has 0 saturated carbocycles. The molecule has 1 amide bonds. The van der Waals surface area contributed by atoms with Crippen LogP contribution in [0.2, 0.25) is 0 Å². The van der Waals surface area contributed by atoms with E-state index in [4.69, 9.17) is 10.5 Å². The van der Waals surface area contributed by atoms with Crippen LogP contribution in [-0.2, 0) is 18.2 Å². The number of aryl methyl sites for hydroxylation is 2. The van der Waals surface area contributed by atoms with Gasteiger partial charge in [0.1, 0.15) is 5.69 Å². The van der Waals surface area contributed by atoms with Crippen LogP contribution in [0, 0.1) is 5.92 Å². The van der Waals surface area contributed by atoms with Gasteiger partial charge in [-0.05, 0) is 19.8 Å². The summed E-state index contributed by atoms with van der Waals surface area (Å²) in [7, 11) is 1.74. The van der Waals surface area contributed by atoms with Crippen molar-refractivity contribution < 1.29 is 9.53 Å². The van der Waals surface area contributed by atoms with Gasteiger partial charge in [-0.25, -0.2) is 0 Å². The zero-order chi connectivity index (χ0) is 14.0. The van der Waals surface area contributed by atoms with Crippen LogP contribution in [0.25, 0.3) is 0 Å². The number of hydrogen-bond acceptors (Lipinski definition) is 4. The van der Waals surface area contributed by atoms with Crippen molar-refractivity contribution >= 4 is 11.6 Å². The molecule has 0 radical (unpaired) electrons. The van der Waals surface area contributed by atoms with Gasteiger partial charge in [0.2, 0.25) is 0 Å². The Morgan fingerprint density at radius 3 is 2.89 bits per heavy atom. The van der Waals surface area contributed by atoms with Crippen molar-refractivity contribution in [3.8, 4) is 0 Å². The average molecular weight is 266 g/mol. The first-order valence-electron chi connectivity index (χ1n) is 6.75. The zero-order valence-corrected chi connectivity index (χ0v) is 11.8. The van der Waals surface area contributed by atoms with Gasteiger partial charge >= 0.3 is 0 Å². The van der Waals surface area contributed by atoms with Gasteiger partial charge in [0.15, 0.2) is 0 Å². The number of hydrogen-bond donors (Lipinski definition) is 2. The molecule has 0 spiro atoms. The van der Waals surface area contributed by atoms with Crippen LogP contribution in [0.15, 0.2) is 0 Å². The lowest BCUT2D eigenvalue weighted by Gasteiger charge is -2.14. The van der Waals surface area contributed by atoms with Crippen molar-refractivity contribution in [3.05, 3.63) is 11.4 Å². The van der Waals surface area contributed by atoms with Crippen LogP contribution in [-0.4, -0.2) is 34.9 Å². The number of anilines is 1. The van der Waals surface area contributed by atoms with Crippen molar-refractivity contribution in [2.45, 2.75) is 32.8 Å². The summed E-state index contributed by atoms with van der Waals surface area (Å²) in [6.45, 7) is 5.40. The minimum absolute atomic E-state index is 0.161. The number of aromatic nitrogens is 2. The van der Waals surface area contributed by atoms with Gasteiger partial charge in [-0.15, -0.1) is 0 Å². The fourth-order valence-electron chi connectivity index (χ4n) is 2.48. The minimum Gasteiger partial charge on any atom is -0.395 e. The van der Waals surface area contributed by atoms with E-state index >= 15 is 0 Å². The quantitative estimate of drug-likeness (QED) is 0.841. The number of nitrogen functional groups attached to an aromatic ring is 1. The molecule has 19 heavy (non-hydrogen) atoms. The molecular formula is C13H22N4O2. The first-order valence-corrected chi connectivity index (χ1v) is 6.75. The van der Waals surface area contributed by atoms with Gasteiger partial charge < -0.3 is 15.8 Å². The molecule has 1 aromatic heterocycles. The highest BCUT2D eigenvalue weighted by molar-refractivity contribution is 5.97. The van der Waals surface area contributed by atoms with Crippen molar-refractivity contribution in [2.75, 3.05) is 18.9 Å². The van der Waals surface area contributed by atoms with Crippen LogP contribution < -0.4 is 11.1 Å². The predicted molar refractivity (Wildman–Crippen MR) is 72.9 cm³/mol. The fourth-order valence-corrected chi connectivity index (χ4v) is 2.48. The highest BCUT2D eigenvalue weighted by atomic mass is 16.5. The molecule has 106 valence electrons. The summed E-state index contributed by atoms with van der Waals surface area (Å²) in [5.74, 6) is 0.218. The summed E-state index contributed by atoms with van der Waals surface area (Å²) in [6.07, 6.45) is 1.92. The Hall–Kier alpha value is -1.56. The van der Waals surface area contributed by atoms with Crippen LogP contribution in [0.1, 0.15) is 36.5 Å². The molecule has 6 heteroatoms. The lowest BCUT2D eigenvalue weighted by atomic mass is 10.0. The summed E-state index contributed by atoms with van der Waals surface area (Å²) < 4.78 is 7.03. The maximum absolute atomic E-state index is 12.2. The van der Waals surface area contributed by atoms with E-state index in [0.717, 1.165) is 25.1 Å². The van der Waals surface area contributed by atoms with Gasteiger partial charge in [-0.1, -0.05) is 6.92 Å². The molecule has 1 aliphatic heterocycles. The lowest BCUT2D eigenvalue weighted by molar-refractivity contribution is 0.0900. The molecule has 1 saturated heterocycles. The summed E-state index contributed by atoms with van der Waals surface area (Å²) in [4.78, 5) is 12.2. The number of rotatable bonds is 4. The molecule has 0 aliphatic carbocycles. The standard InChI is InChI=1S/C13H22N4O2/c1-4-10-11(14)12(17(3)16-10)13(18)15-7-9-5-6-19-8(9)2/h8-9H,4-7,14H2,1-3H3,(H,15,18). The van der Waals surface area contributed by atoms with Crippen LogP contribution in [0.4, 0.5) is 5.69 Å². The van der Waals surface area contributed by atoms with Gasteiger partial charge in [0, 0.05) is 26.1 Å². The molecule has 2 heterocycles. The maximum Gasteiger partial charge on any atom is 0.271 e. The monoisotopic (exact) mass is 266 g/mol. The van der Waals surface area contributed by atoms with E-state index in [9.17, 15) is 4.79 Å². The fraction of sp³-hybridized carbons (Fsp3) is 0.692. The number of carbonyl (C=O) groups excluding carboxylic acids is 1. The number of nitrogens with zero attached hydrogens (tertiary/aromatic N) is 2. The summed E-state index contributed by atoms with van der Waals surface area (Å²) in [5.41, 5.74) is 7.66. The zero-order valence-electron chi connectivity index (χ0n) is 11.8. The van der Waals surface area contributed by atoms with Crippen LogP contribution in [0.5, 0.6) is 0 Å². The lowest BCUT2D eigenvalue weighted by Crippen LogP contribution is -2.33. The maximum atomic E-state index is 12.2. The van der Waals surface area contributed by atoms with E-state index < -0.39 is 0 Å². The van der Waals surface area contributed by atoms with Crippen molar-refractivity contribution in [1.82, 2.24) is 15.1 Å². The third kappa shape index (κ3) is 2.73. The van der Waals surface area contributed by atoms with Crippen molar-refractivity contribution in [3.63, 3.8) is 0 Å². The molecule has 2 unspecified atom stereocenters. The van der Waals surface area contributed by atoms with E-state index in [1.807, 2.05) is 13.8 Å². The first-order chi connectivity index (χ1) is 9.04.